The molecule has 0 unspecified atom stereocenters. The van der Waals surface area contributed by atoms with Crippen molar-refractivity contribution >= 4 is 87.7 Å². The zero-order valence-electron chi connectivity index (χ0n) is 23.4. The Labute approximate surface area is 265 Å². The number of thiazole rings is 1. The minimum atomic E-state index is -4.08. The van der Waals surface area contributed by atoms with Crippen LogP contribution in [0.25, 0.3) is 27.1 Å². The van der Waals surface area contributed by atoms with Crippen LogP contribution in [0.1, 0.15) is 37.6 Å². The molecule has 2 N–H and O–H groups in total. The summed E-state index contributed by atoms with van der Waals surface area (Å²) in [5.74, 6) is -0.603. The molecule has 0 atom stereocenters. The van der Waals surface area contributed by atoms with E-state index >= 15 is 0 Å². The molecule has 0 saturated heterocycles. The van der Waals surface area contributed by atoms with Crippen LogP contribution in [0.4, 0.5) is 5.69 Å². The molecule has 4 aromatic rings. The predicted octanol–water partition coefficient (Wildman–Crippen LogP) is 7.19. The first-order valence-corrected chi connectivity index (χ1v) is 19.1. The number of nitrogens with zero attached hydrogens (tertiary/aromatic N) is 2. The third kappa shape index (κ3) is 7.99. The maximum Gasteiger partial charge on any atom is 0.265 e. The number of halogens is 1. The van der Waals surface area contributed by atoms with Crippen molar-refractivity contribution in [2.45, 2.75) is 44.0 Å². The SMILES string of the molecule is CCC(/C=C1\Sc2ccc(Cl)cc2N1CCCCS(=O)(=O)O)=C\c1sc2ccc3ccccc3c2[n+]1CCCS(=O)(=O)O. The minimum Gasteiger partial charge on any atom is -0.335 e. The van der Waals surface area contributed by atoms with Gasteiger partial charge in [-0.1, -0.05) is 65.9 Å². The Kier molecular flexibility index (Phi) is 9.86. The summed E-state index contributed by atoms with van der Waals surface area (Å²) in [5.41, 5.74) is 3.05. The van der Waals surface area contributed by atoms with Gasteiger partial charge in [0.15, 0.2) is 6.54 Å². The maximum atomic E-state index is 11.5. The number of anilines is 1. The number of aromatic nitrogens is 1. The van der Waals surface area contributed by atoms with Gasteiger partial charge in [-0.25, -0.2) is 0 Å². The molecule has 13 heteroatoms. The van der Waals surface area contributed by atoms with Gasteiger partial charge in [0.25, 0.3) is 25.2 Å². The smallest absolute Gasteiger partial charge is 0.265 e. The second-order valence-electron chi connectivity index (χ2n) is 10.3. The van der Waals surface area contributed by atoms with E-state index < -0.39 is 20.2 Å². The van der Waals surface area contributed by atoms with Crippen molar-refractivity contribution in [1.29, 1.82) is 0 Å². The van der Waals surface area contributed by atoms with Crippen molar-refractivity contribution in [2.75, 3.05) is 23.0 Å². The molecule has 0 saturated carbocycles. The van der Waals surface area contributed by atoms with Crippen LogP contribution in [-0.4, -0.2) is 44.0 Å². The second kappa shape index (κ2) is 13.3. The molecule has 0 radical (unpaired) electrons. The van der Waals surface area contributed by atoms with Crippen LogP contribution >= 0.6 is 34.7 Å². The normalized spacial score (nSPS) is 15.2. The summed E-state index contributed by atoms with van der Waals surface area (Å²) in [7, 11) is -8.10. The van der Waals surface area contributed by atoms with Gasteiger partial charge in [0.05, 0.1) is 27.6 Å². The average molecular weight is 680 g/mol. The van der Waals surface area contributed by atoms with Crippen molar-refractivity contribution in [2.24, 2.45) is 0 Å². The summed E-state index contributed by atoms with van der Waals surface area (Å²) in [6.45, 7) is 3.06. The fraction of sp³-hybridized carbons (Fsp3) is 0.300. The lowest BCUT2D eigenvalue weighted by Gasteiger charge is -2.21. The Morgan fingerprint density at radius 1 is 0.977 bits per heavy atom. The van der Waals surface area contributed by atoms with Crippen LogP contribution in [0.15, 0.2) is 76.2 Å². The van der Waals surface area contributed by atoms with Crippen LogP contribution < -0.4 is 9.47 Å². The van der Waals surface area contributed by atoms with Gasteiger partial charge in [0, 0.05) is 29.0 Å². The summed E-state index contributed by atoms with van der Waals surface area (Å²) in [5, 5.41) is 4.74. The van der Waals surface area contributed by atoms with Gasteiger partial charge in [0.2, 0.25) is 5.52 Å². The van der Waals surface area contributed by atoms with E-state index in [9.17, 15) is 21.4 Å². The predicted molar refractivity (Wildman–Crippen MR) is 177 cm³/mol. The number of unbranched alkanes of at least 4 members (excludes halogenated alkanes) is 1. The van der Waals surface area contributed by atoms with Gasteiger partial charge in [0.1, 0.15) is 4.70 Å². The Morgan fingerprint density at radius 2 is 1.72 bits per heavy atom. The summed E-state index contributed by atoms with van der Waals surface area (Å²) < 4.78 is 67.2. The van der Waals surface area contributed by atoms with E-state index in [-0.39, 0.29) is 17.9 Å². The molecule has 2 heterocycles. The number of thioether (sulfide) groups is 1. The number of hydrogen-bond acceptors (Lipinski definition) is 7. The van der Waals surface area contributed by atoms with Crippen molar-refractivity contribution in [3.8, 4) is 0 Å². The molecule has 0 fully saturated rings. The zero-order valence-corrected chi connectivity index (χ0v) is 27.5. The number of benzene rings is 3. The highest BCUT2D eigenvalue weighted by molar-refractivity contribution is 8.03. The highest BCUT2D eigenvalue weighted by atomic mass is 35.5. The van der Waals surface area contributed by atoms with E-state index in [1.807, 2.05) is 30.3 Å². The molecule has 5 rings (SSSR count). The number of aryl methyl sites for hydroxylation is 1. The monoisotopic (exact) mass is 679 g/mol. The molecule has 1 aliphatic heterocycles. The molecule has 1 aliphatic rings. The highest BCUT2D eigenvalue weighted by Crippen LogP contribution is 2.47. The van der Waals surface area contributed by atoms with E-state index in [1.165, 1.54) is 0 Å². The maximum absolute atomic E-state index is 11.5. The van der Waals surface area contributed by atoms with Crippen molar-refractivity contribution in [3.63, 3.8) is 0 Å². The van der Waals surface area contributed by atoms with Gasteiger partial charge >= 0.3 is 0 Å². The first-order valence-electron chi connectivity index (χ1n) is 13.8. The third-order valence-corrected chi connectivity index (χ3v) is 11.2. The van der Waals surface area contributed by atoms with Crippen LogP contribution in [0, 0.1) is 0 Å². The van der Waals surface area contributed by atoms with Gasteiger partial charge in [-0.3, -0.25) is 9.11 Å². The van der Waals surface area contributed by atoms with E-state index in [0.717, 1.165) is 53.6 Å². The highest BCUT2D eigenvalue weighted by Gasteiger charge is 2.27. The molecule has 3 aromatic carbocycles. The first kappa shape index (κ1) is 32.0. The third-order valence-electron chi connectivity index (χ3n) is 7.15. The molecule has 8 nitrogen and oxygen atoms in total. The van der Waals surface area contributed by atoms with Gasteiger partial charge < -0.3 is 4.90 Å². The Bertz CT molecular complexity index is 1950. The lowest BCUT2D eigenvalue weighted by Crippen LogP contribution is -2.36. The van der Waals surface area contributed by atoms with Gasteiger partial charge in [-0.15, -0.1) is 0 Å². The zero-order chi connectivity index (χ0) is 30.8. The Morgan fingerprint density at radius 3 is 2.47 bits per heavy atom. The topological polar surface area (TPSA) is 116 Å². The molecule has 1 aromatic heterocycles. The number of hydrogen-bond donors (Lipinski definition) is 2. The first-order chi connectivity index (χ1) is 20.4. The van der Waals surface area contributed by atoms with Crippen molar-refractivity contribution < 1.29 is 30.5 Å². The molecule has 0 bridgehead atoms. The standard InChI is InChI=1S/C30H31ClN2O6S4/c1-2-21(18-28-32(14-5-6-16-42(34,35)36)25-20-23(31)11-13-26(25)40-28)19-29-33(15-7-17-43(37,38)39)30-24-9-4-3-8-22(24)10-12-27(30)41-29/h3-4,8-13,18-20H,2,5-7,14-17H2,1H3,(H-,34,35,36,37,38,39)/p+1. The van der Waals surface area contributed by atoms with Gasteiger partial charge in [-0.2, -0.15) is 21.4 Å². The quantitative estimate of drug-likeness (QED) is 0.0919. The van der Waals surface area contributed by atoms with E-state index in [0.29, 0.717) is 31.0 Å². The van der Waals surface area contributed by atoms with Crippen molar-refractivity contribution in [1.82, 2.24) is 0 Å². The van der Waals surface area contributed by atoms with Crippen LogP contribution in [0.3, 0.4) is 0 Å². The fourth-order valence-corrected chi connectivity index (χ4v) is 8.69. The van der Waals surface area contributed by atoms with E-state index in [4.69, 9.17) is 16.2 Å². The molecule has 0 amide bonds. The summed E-state index contributed by atoms with van der Waals surface area (Å²) in [4.78, 5) is 3.19. The second-order valence-corrected chi connectivity index (χ2v) is 16.0. The number of rotatable bonds is 12. The van der Waals surface area contributed by atoms with Crippen LogP contribution in [-0.2, 0) is 26.8 Å². The average Bonchev–Trinajstić information content (AvgIpc) is 3.46. The Hall–Kier alpha value is -2.45. The van der Waals surface area contributed by atoms with E-state index in [1.54, 1.807) is 23.1 Å². The molecule has 228 valence electrons. The number of fused-ring (bicyclic) bond motifs is 4. The minimum absolute atomic E-state index is 0.269. The molecular formula is C30H32ClN2O6S4+. The van der Waals surface area contributed by atoms with E-state index in [2.05, 4.69) is 52.8 Å². The summed E-state index contributed by atoms with van der Waals surface area (Å²) >= 11 is 9.59. The Balaban J connectivity index is 1.53. The van der Waals surface area contributed by atoms with Gasteiger partial charge in [-0.05, 0) is 66.6 Å². The molecule has 0 aliphatic carbocycles. The molecule has 43 heavy (non-hydrogen) atoms. The lowest BCUT2D eigenvalue weighted by molar-refractivity contribution is -0.667. The molecular weight excluding hydrogens is 648 g/mol. The summed E-state index contributed by atoms with van der Waals surface area (Å²) in [6.07, 6.45) is 6.16. The van der Waals surface area contributed by atoms with Crippen LogP contribution in [0.2, 0.25) is 5.02 Å². The number of allylic oxidation sites excluding steroid dienone is 2. The van der Waals surface area contributed by atoms with Crippen LogP contribution in [0.5, 0.6) is 0 Å². The summed E-state index contributed by atoms with van der Waals surface area (Å²) in [6, 6.07) is 18.0. The van der Waals surface area contributed by atoms with Crippen molar-refractivity contribution in [3.05, 3.63) is 81.3 Å². The molecule has 0 spiro atoms. The lowest BCUT2D eigenvalue weighted by atomic mass is 10.1. The largest absolute Gasteiger partial charge is 0.335 e. The fourth-order valence-electron chi connectivity index (χ4n) is 5.14.